The summed E-state index contributed by atoms with van der Waals surface area (Å²) in [5.74, 6) is 0.465. The Morgan fingerprint density at radius 1 is 1.27 bits per heavy atom. The first-order valence-corrected chi connectivity index (χ1v) is 7.93. The molecular weight excluding hydrogens is 276 g/mol. The molecule has 22 heavy (non-hydrogen) atoms. The molecule has 0 fully saturated rings. The Balaban J connectivity index is 2.20. The summed E-state index contributed by atoms with van der Waals surface area (Å²) in [6.45, 7) is 10.6. The maximum absolute atomic E-state index is 12.5. The lowest BCUT2D eigenvalue weighted by molar-refractivity contribution is -0.125. The Bertz CT molecular complexity index is 585. The molecule has 0 aliphatic carbocycles. The van der Waals surface area contributed by atoms with Gasteiger partial charge in [-0.3, -0.25) is 9.59 Å². The molecule has 4 nitrogen and oxygen atoms in total. The molecular formula is C18H26N2O2. The van der Waals surface area contributed by atoms with Crippen LogP contribution < -0.4 is 10.2 Å². The second kappa shape index (κ2) is 6.11. The molecule has 0 spiro atoms. The van der Waals surface area contributed by atoms with Gasteiger partial charge in [0, 0.05) is 29.8 Å². The Kier molecular flexibility index (Phi) is 4.59. The minimum atomic E-state index is -0.404. The van der Waals surface area contributed by atoms with Crippen LogP contribution >= 0.6 is 0 Å². The molecule has 1 N–H and O–H groups in total. The number of benzene rings is 1. The van der Waals surface area contributed by atoms with Crippen molar-refractivity contribution in [1.29, 1.82) is 0 Å². The molecule has 1 aromatic carbocycles. The van der Waals surface area contributed by atoms with Gasteiger partial charge in [-0.1, -0.05) is 40.7 Å². The Hall–Kier alpha value is -1.84. The van der Waals surface area contributed by atoms with Crippen molar-refractivity contribution in [3.63, 3.8) is 0 Å². The monoisotopic (exact) mass is 302 g/mol. The fourth-order valence-electron chi connectivity index (χ4n) is 2.66. The first-order valence-electron chi connectivity index (χ1n) is 7.93. The summed E-state index contributed by atoms with van der Waals surface area (Å²) in [4.78, 5) is 26.3. The molecule has 120 valence electrons. The van der Waals surface area contributed by atoms with Gasteiger partial charge < -0.3 is 10.2 Å². The molecule has 0 aromatic heterocycles. The number of nitrogens with zero attached hydrogens (tertiary/aromatic N) is 1. The van der Waals surface area contributed by atoms with E-state index in [1.807, 2.05) is 57.7 Å². The lowest BCUT2D eigenvalue weighted by atomic mass is 9.94. The fraction of sp³-hybridized carbons (Fsp3) is 0.556. The third-order valence-electron chi connectivity index (χ3n) is 3.74. The quantitative estimate of drug-likeness (QED) is 0.927. The molecule has 0 bridgehead atoms. The highest BCUT2D eigenvalue weighted by Crippen LogP contribution is 2.34. The van der Waals surface area contributed by atoms with E-state index in [0.717, 1.165) is 24.3 Å². The Labute approximate surface area is 132 Å². The van der Waals surface area contributed by atoms with Crippen LogP contribution in [0.1, 0.15) is 46.6 Å². The number of carbonyl (C=O) groups is 2. The second-order valence-corrected chi connectivity index (χ2v) is 7.45. The van der Waals surface area contributed by atoms with Gasteiger partial charge in [0.25, 0.3) is 0 Å². The molecule has 0 unspecified atom stereocenters. The van der Waals surface area contributed by atoms with E-state index in [-0.39, 0.29) is 11.8 Å². The first kappa shape index (κ1) is 16.5. The Morgan fingerprint density at radius 2 is 1.95 bits per heavy atom. The van der Waals surface area contributed by atoms with E-state index in [2.05, 4.69) is 5.32 Å². The average Bonchev–Trinajstić information content (AvgIpc) is 2.78. The number of carbonyl (C=O) groups excluding carboxylic acids is 2. The number of anilines is 2. The van der Waals surface area contributed by atoms with Crippen LogP contribution in [0.15, 0.2) is 18.2 Å². The largest absolute Gasteiger partial charge is 0.326 e. The van der Waals surface area contributed by atoms with Gasteiger partial charge in [-0.05, 0) is 30.0 Å². The maximum Gasteiger partial charge on any atom is 0.232 e. The minimum absolute atomic E-state index is 0.0154. The number of rotatable bonds is 3. The summed E-state index contributed by atoms with van der Waals surface area (Å²) in [6, 6.07) is 5.85. The average molecular weight is 302 g/mol. The summed E-state index contributed by atoms with van der Waals surface area (Å²) in [6.07, 6.45) is 1.37. The molecule has 0 radical (unpaired) electrons. The molecule has 1 aliphatic rings. The van der Waals surface area contributed by atoms with Crippen LogP contribution in [0.5, 0.6) is 0 Å². The normalized spacial score (nSPS) is 14.2. The molecule has 0 saturated carbocycles. The standard InChI is InChI=1S/C18H26N2O2/c1-12(2)10-16(21)19-14-7-6-13-8-9-20(15(13)11-14)17(22)18(3,4)5/h6-7,11-12H,8-10H2,1-5H3,(H,19,21). The molecule has 1 heterocycles. The molecule has 1 aromatic rings. The smallest absolute Gasteiger partial charge is 0.232 e. The van der Waals surface area contributed by atoms with E-state index in [1.165, 1.54) is 5.56 Å². The first-order chi connectivity index (χ1) is 10.2. The predicted octanol–water partition coefficient (Wildman–Crippen LogP) is 3.61. The van der Waals surface area contributed by atoms with Gasteiger partial charge in [0.15, 0.2) is 0 Å². The van der Waals surface area contributed by atoms with Crippen LogP contribution in [-0.2, 0) is 16.0 Å². The molecule has 0 atom stereocenters. The van der Waals surface area contributed by atoms with Gasteiger partial charge in [-0.2, -0.15) is 0 Å². The van der Waals surface area contributed by atoms with Crippen molar-refractivity contribution < 1.29 is 9.59 Å². The third kappa shape index (κ3) is 3.67. The van der Waals surface area contributed by atoms with Crippen molar-refractivity contribution in [3.05, 3.63) is 23.8 Å². The van der Waals surface area contributed by atoms with Crippen molar-refractivity contribution in [2.24, 2.45) is 11.3 Å². The highest BCUT2D eigenvalue weighted by molar-refractivity contribution is 6.00. The zero-order valence-electron chi connectivity index (χ0n) is 14.2. The van der Waals surface area contributed by atoms with Gasteiger partial charge in [0.05, 0.1) is 0 Å². The summed E-state index contributed by atoms with van der Waals surface area (Å²) in [7, 11) is 0. The van der Waals surface area contributed by atoms with Crippen molar-refractivity contribution in [3.8, 4) is 0 Å². The van der Waals surface area contributed by atoms with Crippen LogP contribution in [0.4, 0.5) is 11.4 Å². The zero-order chi connectivity index (χ0) is 16.5. The molecule has 2 amide bonds. The molecule has 1 aliphatic heterocycles. The highest BCUT2D eigenvalue weighted by atomic mass is 16.2. The SMILES string of the molecule is CC(C)CC(=O)Nc1ccc2c(c1)N(C(=O)C(C)(C)C)CC2. The summed E-state index contributed by atoms with van der Waals surface area (Å²) < 4.78 is 0. The lowest BCUT2D eigenvalue weighted by Gasteiger charge is -2.26. The van der Waals surface area contributed by atoms with Crippen LogP contribution in [-0.4, -0.2) is 18.4 Å². The van der Waals surface area contributed by atoms with Crippen LogP contribution in [0.2, 0.25) is 0 Å². The van der Waals surface area contributed by atoms with Gasteiger partial charge in [0.1, 0.15) is 0 Å². The fourth-order valence-corrected chi connectivity index (χ4v) is 2.66. The Morgan fingerprint density at radius 3 is 2.55 bits per heavy atom. The van der Waals surface area contributed by atoms with Crippen LogP contribution in [0.3, 0.4) is 0 Å². The third-order valence-corrected chi connectivity index (χ3v) is 3.74. The van der Waals surface area contributed by atoms with Gasteiger partial charge in [-0.25, -0.2) is 0 Å². The molecule has 0 saturated heterocycles. The maximum atomic E-state index is 12.5. The number of nitrogens with one attached hydrogen (secondary N) is 1. The van der Waals surface area contributed by atoms with Crippen LogP contribution in [0, 0.1) is 11.3 Å². The van der Waals surface area contributed by atoms with E-state index in [4.69, 9.17) is 0 Å². The van der Waals surface area contributed by atoms with E-state index >= 15 is 0 Å². The van der Waals surface area contributed by atoms with E-state index < -0.39 is 5.41 Å². The number of hydrogen-bond donors (Lipinski definition) is 1. The van der Waals surface area contributed by atoms with Gasteiger partial charge in [0.2, 0.25) is 11.8 Å². The molecule has 4 heteroatoms. The number of fused-ring (bicyclic) bond motifs is 1. The van der Waals surface area contributed by atoms with Crippen molar-refractivity contribution >= 4 is 23.2 Å². The van der Waals surface area contributed by atoms with Gasteiger partial charge >= 0.3 is 0 Å². The van der Waals surface area contributed by atoms with Crippen molar-refractivity contribution in [1.82, 2.24) is 0 Å². The van der Waals surface area contributed by atoms with Crippen molar-refractivity contribution in [2.75, 3.05) is 16.8 Å². The zero-order valence-corrected chi connectivity index (χ0v) is 14.2. The highest BCUT2D eigenvalue weighted by Gasteiger charge is 2.32. The predicted molar refractivity (Wildman–Crippen MR) is 90.0 cm³/mol. The summed E-state index contributed by atoms with van der Waals surface area (Å²) in [5.41, 5.74) is 2.46. The minimum Gasteiger partial charge on any atom is -0.326 e. The van der Waals surface area contributed by atoms with Crippen molar-refractivity contribution in [2.45, 2.75) is 47.5 Å². The second-order valence-electron chi connectivity index (χ2n) is 7.45. The number of amides is 2. The number of hydrogen-bond acceptors (Lipinski definition) is 2. The van der Waals surface area contributed by atoms with Gasteiger partial charge in [-0.15, -0.1) is 0 Å². The summed E-state index contributed by atoms with van der Waals surface area (Å²) in [5, 5.41) is 2.92. The molecule has 2 rings (SSSR count). The van der Waals surface area contributed by atoms with E-state index in [9.17, 15) is 9.59 Å². The van der Waals surface area contributed by atoms with Crippen LogP contribution in [0.25, 0.3) is 0 Å². The summed E-state index contributed by atoms with van der Waals surface area (Å²) >= 11 is 0. The lowest BCUT2D eigenvalue weighted by Crippen LogP contribution is -2.38. The van der Waals surface area contributed by atoms with E-state index in [1.54, 1.807) is 0 Å². The topological polar surface area (TPSA) is 49.4 Å². The van der Waals surface area contributed by atoms with E-state index in [0.29, 0.717) is 12.3 Å².